The van der Waals surface area contributed by atoms with E-state index in [1.54, 1.807) is 0 Å². The van der Waals surface area contributed by atoms with Crippen LogP contribution >= 0.6 is 0 Å². The monoisotopic (exact) mass is 245 g/mol. The van der Waals surface area contributed by atoms with Crippen LogP contribution in [0.15, 0.2) is 12.1 Å². The van der Waals surface area contributed by atoms with Crippen LogP contribution in [0.2, 0.25) is 0 Å². The first-order chi connectivity index (χ1) is 8.77. The number of pyridine rings is 1. The highest BCUT2D eigenvalue weighted by atomic mass is 15.1. The van der Waals surface area contributed by atoms with Crippen molar-refractivity contribution < 1.29 is 0 Å². The molecule has 5 nitrogen and oxygen atoms in total. The Morgan fingerprint density at radius 3 is 2.94 bits per heavy atom. The average molecular weight is 245 g/mol. The van der Waals surface area contributed by atoms with Crippen LogP contribution in [0.25, 0.3) is 11.2 Å². The van der Waals surface area contributed by atoms with Crippen molar-refractivity contribution in [3.63, 3.8) is 0 Å². The molecule has 1 aliphatic rings. The Balaban J connectivity index is 2.07. The second-order valence-corrected chi connectivity index (χ2v) is 4.87. The number of hydrogen-bond acceptors (Lipinski definition) is 4. The van der Waals surface area contributed by atoms with Crippen LogP contribution < -0.4 is 10.6 Å². The van der Waals surface area contributed by atoms with Gasteiger partial charge in [-0.2, -0.15) is 0 Å². The van der Waals surface area contributed by atoms with Gasteiger partial charge in [0.25, 0.3) is 0 Å². The third-order valence-corrected chi connectivity index (χ3v) is 3.90. The summed E-state index contributed by atoms with van der Waals surface area (Å²) in [6, 6.07) is 3.99. The number of nitrogens with one attached hydrogen (secondary N) is 3. The molecule has 2 aromatic rings. The minimum atomic E-state index is 0.0144. The fourth-order valence-corrected chi connectivity index (χ4v) is 2.74. The van der Waals surface area contributed by atoms with Crippen LogP contribution in [-0.4, -0.2) is 28.5 Å². The third kappa shape index (κ3) is 1.66. The number of nitrogens with zero attached hydrogens (tertiary/aromatic N) is 2. The summed E-state index contributed by atoms with van der Waals surface area (Å²) < 4.78 is 0. The molecule has 0 bridgehead atoms. The molecule has 3 heterocycles. The predicted octanol–water partition coefficient (Wildman–Crippen LogP) is 1.99. The maximum atomic E-state index is 4.68. The molecule has 0 aromatic carbocycles. The zero-order valence-electron chi connectivity index (χ0n) is 10.9. The van der Waals surface area contributed by atoms with Crippen molar-refractivity contribution in [3.05, 3.63) is 18.0 Å². The fraction of sp³-hybridized carbons (Fsp3) is 0.538. The van der Waals surface area contributed by atoms with Gasteiger partial charge in [-0.3, -0.25) is 0 Å². The van der Waals surface area contributed by atoms with Gasteiger partial charge in [-0.1, -0.05) is 6.92 Å². The summed E-state index contributed by atoms with van der Waals surface area (Å²) in [5.41, 5.74) is 1.81. The summed E-state index contributed by atoms with van der Waals surface area (Å²) in [6.07, 6.45) is 3.40. The van der Waals surface area contributed by atoms with Crippen molar-refractivity contribution in [2.75, 3.05) is 18.9 Å². The van der Waals surface area contributed by atoms with Gasteiger partial charge in [0, 0.05) is 7.05 Å². The zero-order valence-corrected chi connectivity index (χ0v) is 10.9. The van der Waals surface area contributed by atoms with Crippen LogP contribution in [0.3, 0.4) is 0 Å². The molecule has 0 saturated carbocycles. The first-order valence-electron chi connectivity index (χ1n) is 6.57. The third-order valence-electron chi connectivity index (χ3n) is 3.90. The maximum Gasteiger partial charge on any atom is 0.179 e. The molecule has 3 rings (SSSR count). The Kier molecular flexibility index (Phi) is 2.70. The molecule has 0 spiro atoms. The van der Waals surface area contributed by atoms with Gasteiger partial charge < -0.3 is 15.6 Å². The lowest BCUT2D eigenvalue weighted by Gasteiger charge is -2.25. The average Bonchev–Trinajstić information content (AvgIpc) is 3.04. The lowest BCUT2D eigenvalue weighted by atomic mass is 9.93. The van der Waals surface area contributed by atoms with Crippen molar-refractivity contribution in [1.82, 2.24) is 20.3 Å². The van der Waals surface area contributed by atoms with Crippen molar-refractivity contribution in [2.24, 2.45) is 0 Å². The molecule has 1 unspecified atom stereocenters. The quantitative estimate of drug-likeness (QED) is 0.773. The lowest BCUT2D eigenvalue weighted by Crippen LogP contribution is -2.37. The Morgan fingerprint density at radius 1 is 1.39 bits per heavy atom. The Hall–Kier alpha value is -1.62. The van der Waals surface area contributed by atoms with Gasteiger partial charge in [-0.05, 0) is 37.9 Å². The molecule has 0 amide bonds. The van der Waals surface area contributed by atoms with Gasteiger partial charge in [0.2, 0.25) is 0 Å². The van der Waals surface area contributed by atoms with Gasteiger partial charge in [-0.15, -0.1) is 0 Å². The van der Waals surface area contributed by atoms with Crippen molar-refractivity contribution >= 4 is 17.0 Å². The van der Waals surface area contributed by atoms with Crippen molar-refractivity contribution in [3.8, 4) is 0 Å². The molecule has 0 radical (unpaired) electrons. The summed E-state index contributed by atoms with van der Waals surface area (Å²) in [4.78, 5) is 12.6. The molecule has 5 heteroatoms. The van der Waals surface area contributed by atoms with E-state index < -0.39 is 0 Å². The summed E-state index contributed by atoms with van der Waals surface area (Å²) in [5, 5.41) is 6.63. The number of H-pyrrole nitrogens is 1. The van der Waals surface area contributed by atoms with E-state index in [1.807, 2.05) is 19.2 Å². The van der Waals surface area contributed by atoms with E-state index in [0.29, 0.717) is 0 Å². The van der Waals surface area contributed by atoms with E-state index in [1.165, 1.54) is 6.42 Å². The molecule has 0 aliphatic carbocycles. The van der Waals surface area contributed by atoms with Gasteiger partial charge in [0.1, 0.15) is 11.6 Å². The highest BCUT2D eigenvalue weighted by molar-refractivity contribution is 5.73. The largest absolute Gasteiger partial charge is 0.373 e. The highest BCUT2D eigenvalue weighted by Gasteiger charge is 2.36. The van der Waals surface area contributed by atoms with E-state index in [-0.39, 0.29) is 5.54 Å². The van der Waals surface area contributed by atoms with Crippen LogP contribution in [0.4, 0.5) is 5.82 Å². The first kappa shape index (κ1) is 11.5. The highest BCUT2D eigenvalue weighted by Crippen LogP contribution is 2.33. The van der Waals surface area contributed by atoms with Gasteiger partial charge in [0.15, 0.2) is 5.65 Å². The SMILES string of the molecule is CCC1(c2nc3nc(NC)ccc3[nH]2)CCCN1. The second kappa shape index (κ2) is 4.24. The summed E-state index contributed by atoms with van der Waals surface area (Å²) in [5.74, 6) is 1.88. The van der Waals surface area contributed by atoms with E-state index in [9.17, 15) is 0 Å². The summed E-state index contributed by atoms with van der Waals surface area (Å²) >= 11 is 0. The Morgan fingerprint density at radius 2 is 2.28 bits per heavy atom. The minimum absolute atomic E-state index is 0.0144. The summed E-state index contributed by atoms with van der Waals surface area (Å²) in [7, 11) is 1.87. The van der Waals surface area contributed by atoms with E-state index in [4.69, 9.17) is 0 Å². The van der Waals surface area contributed by atoms with Crippen molar-refractivity contribution in [2.45, 2.75) is 31.7 Å². The molecule has 1 aliphatic heterocycles. The van der Waals surface area contributed by atoms with Crippen LogP contribution in [0.5, 0.6) is 0 Å². The molecule has 3 N–H and O–H groups in total. The number of aromatic nitrogens is 3. The molecular formula is C13H19N5. The maximum absolute atomic E-state index is 4.68. The number of hydrogen-bond donors (Lipinski definition) is 3. The number of aromatic amines is 1. The number of rotatable bonds is 3. The minimum Gasteiger partial charge on any atom is -0.373 e. The standard InChI is InChI=1S/C13H19N5/c1-3-13(7-4-8-15-13)12-16-9-5-6-10(14-2)17-11(9)18-12/h5-6,15H,3-4,7-8H2,1-2H3,(H2,14,16,17,18). The van der Waals surface area contributed by atoms with Gasteiger partial charge in [0.05, 0.1) is 11.1 Å². The smallest absolute Gasteiger partial charge is 0.179 e. The molecule has 2 aromatic heterocycles. The lowest BCUT2D eigenvalue weighted by molar-refractivity contribution is 0.356. The number of fused-ring (bicyclic) bond motifs is 1. The van der Waals surface area contributed by atoms with Gasteiger partial charge in [-0.25, -0.2) is 9.97 Å². The van der Waals surface area contributed by atoms with E-state index >= 15 is 0 Å². The van der Waals surface area contributed by atoms with Crippen LogP contribution in [0.1, 0.15) is 32.0 Å². The number of imidazole rings is 1. The molecule has 96 valence electrons. The molecule has 1 atom stereocenters. The Bertz CT molecular complexity index is 554. The van der Waals surface area contributed by atoms with Crippen LogP contribution in [0, 0.1) is 0 Å². The van der Waals surface area contributed by atoms with Crippen molar-refractivity contribution in [1.29, 1.82) is 0 Å². The molecule has 18 heavy (non-hydrogen) atoms. The van der Waals surface area contributed by atoms with E-state index in [0.717, 1.165) is 42.2 Å². The van der Waals surface area contributed by atoms with Gasteiger partial charge >= 0.3 is 0 Å². The molecule has 1 fully saturated rings. The number of anilines is 1. The van der Waals surface area contributed by atoms with Crippen LogP contribution in [-0.2, 0) is 5.54 Å². The first-order valence-corrected chi connectivity index (χ1v) is 6.57. The topological polar surface area (TPSA) is 65.6 Å². The predicted molar refractivity (Wildman–Crippen MR) is 72.6 cm³/mol. The normalized spacial score (nSPS) is 23.7. The Labute approximate surface area is 106 Å². The summed E-state index contributed by atoms with van der Waals surface area (Å²) in [6.45, 7) is 3.28. The molecule has 1 saturated heterocycles. The zero-order chi connectivity index (χ0) is 12.6. The molecular weight excluding hydrogens is 226 g/mol. The fourth-order valence-electron chi connectivity index (χ4n) is 2.74. The second-order valence-electron chi connectivity index (χ2n) is 4.87. The van der Waals surface area contributed by atoms with E-state index in [2.05, 4.69) is 32.5 Å².